The Morgan fingerprint density at radius 1 is 1.24 bits per heavy atom. The number of fused-ring (bicyclic) bond motifs is 1. The summed E-state index contributed by atoms with van der Waals surface area (Å²) in [6.45, 7) is 4.71. The second-order valence-electron chi connectivity index (χ2n) is 7.92. The van der Waals surface area contributed by atoms with Crippen molar-refractivity contribution in [2.45, 2.75) is 39.3 Å². The molecule has 0 spiro atoms. The lowest BCUT2D eigenvalue weighted by Crippen LogP contribution is -2.37. The van der Waals surface area contributed by atoms with Crippen molar-refractivity contribution in [2.24, 2.45) is 0 Å². The molecule has 33 heavy (non-hydrogen) atoms. The second-order valence-corrected chi connectivity index (χ2v) is 8.92. The summed E-state index contributed by atoms with van der Waals surface area (Å²) in [6, 6.07) is 15.4. The van der Waals surface area contributed by atoms with E-state index in [0.29, 0.717) is 29.5 Å². The van der Waals surface area contributed by atoms with Crippen LogP contribution in [0.25, 0.3) is 10.6 Å². The zero-order chi connectivity index (χ0) is 23.4. The van der Waals surface area contributed by atoms with E-state index >= 15 is 0 Å². The molecule has 2 aromatic carbocycles. The van der Waals surface area contributed by atoms with Crippen molar-refractivity contribution in [3.8, 4) is 16.3 Å². The first kappa shape index (κ1) is 22.9. The fraction of sp³-hybridized carbons (Fsp3) is 0.320. The first-order valence-corrected chi connectivity index (χ1v) is 11.7. The molecule has 0 radical (unpaired) electrons. The van der Waals surface area contributed by atoms with E-state index < -0.39 is 12.1 Å². The molecular weight excluding hydrogens is 440 g/mol. The van der Waals surface area contributed by atoms with Gasteiger partial charge >= 0.3 is 5.97 Å². The van der Waals surface area contributed by atoms with Crippen molar-refractivity contribution in [3.63, 3.8) is 0 Å². The van der Waals surface area contributed by atoms with Gasteiger partial charge in [0.05, 0.1) is 12.2 Å². The smallest absolute Gasteiger partial charge is 0.333 e. The monoisotopic (exact) mass is 466 g/mol. The van der Waals surface area contributed by atoms with Crippen molar-refractivity contribution in [2.75, 3.05) is 13.3 Å². The molecule has 1 aliphatic rings. The standard InChI is InChI=1S/C25H26N2O5S/c1-3-11-31-21(25(29)30)13-17-9-10-20-19(12-17)14-27(15-32-20)24(28)22-16(2)26-23(33-22)18-7-5-4-6-8-18/h4-10,12,21H,3,11,13-15H2,1-2H3,(H,29,30). The molecule has 3 aromatic rings. The molecule has 0 saturated heterocycles. The number of hydrogen-bond donors (Lipinski definition) is 1. The second kappa shape index (κ2) is 10.1. The van der Waals surface area contributed by atoms with Gasteiger partial charge in [0.25, 0.3) is 5.91 Å². The van der Waals surface area contributed by atoms with Crippen LogP contribution >= 0.6 is 11.3 Å². The minimum absolute atomic E-state index is 0.127. The molecule has 4 rings (SSSR count). The lowest BCUT2D eigenvalue weighted by molar-refractivity contribution is -0.150. The SMILES string of the molecule is CCCOC(Cc1ccc2c(c1)CN(C(=O)c1sc(-c3ccccc3)nc1C)CO2)C(=O)O. The summed E-state index contributed by atoms with van der Waals surface area (Å²) < 4.78 is 11.3. The average molecular weight is 467 g/mol. The minimum Gasteiger partial charge on any atom is -0.479 e. The van der Waals surface area contributed by atoms with Crippen LogP contribution < -0.4 is 4.74 Å². The summed E-state index contributed by atoms with van der Waals surface area (Å²) >= 11 is 1.38. The zero-order valence-corrected chi connectivity index (χ0v) is 19.4. The number of carbonyl (C=O) groups excluding carboxylic acids is 1. The lowest BCUT2D eigenvalue weighted by Gasteiger charge is -2.29. The quantitative estimate of drug-likeness (QED) is 0.525. The summed E-state index contributed by atoms with van der Waals surface area (Å²) in [5, 5.41) is 10.3. The number of nitrogens with zero attached hydrogens (tertiary/aromatic N) is 2. The van der Waals surface area contributed by atoms with E-state index in [1.807, 2.05) is 62.4 Å². The maximum absolute atomic E-state index is 13.3. The fourth-order valence-electron chi connectivity index (χ4n) is 3.69. The Hall–Kier alpha value is -3.23. The van der Waals surface area contributed by atoms with Crippen LogP contribution in [0.4, 0.5) is 0 Å². The van der Waals surface area contributed by atoms with Crippen molar-refractivity contribution in [3.05, 3.63) is 70.2 Å². The number of carboxylic acids is 1. The third-order valence-corrected chi connectivity index (χ3v) is 6.57. The van der Waals surface area contributed by atoms with Crippen molar-refractivity contribution < 1.29 is 24.2 Å². The molecule has 0 saturated carbocycles. The molecule has 1 amide bonds. The Kier molecular flexibility index (Phi) is 7.05. The molecule has 1 unspecified atom stereocenters. The van der Waals surface area contributed by atoms with E-state index in [-0.39, 0.29) is 19.1 Å². The van der Waals surface area contributed by atoms with Gasteiger partial charge in [-0.25, -0.2) is 9.78 Å². The molecule has 7 nitrogen and oxygen atoms in total. The predicted octanol–water partition coefficient (Wildman–Crippen LogP) is 4.53. The van der Waals surface area contributed by atoms with Gasteiger partial charge in [0, 0.05) is 24.2 Å². The van der Waals surface area contributed by atoms with Gasteiger partial charge in [-0.05, 0) is 25.0 Å². The lowest BCUT2D eigenvalue weighted by atomic mass is 10.0. The highest BCUT2D eigenvalue weighted by Crippen LogP contribution is 2.31. The highest BCUT2D eigenvalue weighted by atomic mass is 32.1. The molecular formula is C25H26N2O5S. The van der Waals surface area contributed by atoms with Crippen LogP contribution in [0.5, 0.6) is 5.75 Å². The van der Waals surface area contributed by atoms with Crippen LogP contribution in [0.3, 0.4) is 0 Å². The fourth-order valence-corrected chi connectivity index (χ4v) is 4.73. The van der Waals surface area contributed by atoms with E-state index in [0.717, 1.165) is 28.1 Å². The van der Waals surface area contributed by atoms with E-state index in [2.05, 4.69) is 4.98 Å². The number of carbonyl (C=O) groups is 2. The molecule has 1 N–H and O–H groups in total. The number of aryl methyl sites for hydroxylation is 1. The largest absolute Gasteiger partial charge is 0.479 e. The van der Waals surface area contributed by atoms with Crippen molar-refractivity contribution >= 4 is 23.2 Å². The summed E-state index contributed by atoms with van der Waals surface area (Å²) in [5.74, 6) is -0.405. The first-order chi connectivity index (χ1) is 16.0. The molecule has 8 heteroatoms. The molecule has 2 heterocycles. The number of hydrogen-bond acceptors (Lipinski definition) is 6. The molecule has 0 bridgehead atoms. The van der Waals surface area contributed by atoms with Crippen LogP contribution in [0.15, 0.2) is 48.5 Å². The molecule has 1 aliphatic heterocycles. The Morgan fingerprint density at radius 2 is 2.03 bits per heavy atom. The maximum Gasteiger partial charge on any atom is 0.333 e. The van der Waals surface area contributed by atoms with Crippen LogP contribution in [-0.2, 0) is 22.5 Å². The van der Waals surface area contributed by atoms with Crippen LogP contribution in [0.2, 0.25) is 0 Å². The zero-order valence-electron chi connectivity index (χ0n) is 18.6. The summed E-state index contributed by atoms with van der Waals surface area (Å²) in [4.78, 5) is 31.6. The molecule has 172 valence electrons. The van der Waals surface area contributed by atoms with Crippen LogP contribution in [0, 0.1) is 6.92 Å². The van der Waals surface area contributed by atoms with Crippen LogP contribution in [-0.4, -0.2) is 46.3 Å². The third-order valence-electron chi connectivity index (χ3n) is 5.38. The number of carboxylic acid groups (broad SMARTS) is 1. The Labute approximate surface area is 196 Å². The minimum atomic E-state index is -0.982. The van der Waals surface area contributed by atoms with E-state index in [4.69, 9.17) is 9.47 Å². The van der Waals surface area contributed by atoms with Gasteiger partial charge in [0.2, 0.25) is 0 Å². The Balaban J connectivity index is 1.50. The predicted molar refractivity (Wildman–Crippen MR) is 125 cm³/mol. The first-order valence-electron chi connectivity index (χ1n) is 10.9. The number of aliphatic carboxylic acids is 1. The highest BCUT2D eigenvalue weighted by molar-refractivity contribution is 7.17. The van der Waals surface area contributed by atoms with E-state index in [9.17, 15) is 14.7 Å². The number of thiazole rings is 1. The van der Waals surface area contributed by atoms with Gasteiger partial charge in [-0.2, -0.15) is 0 Å². The number of rotatable bonds is 8. The summed E-state index contributed by atoms with van der Waals surface area (Å²) in [5.41, 5.74) is 3.35. The maximum atomic E-state index is 13.3. The van der Waals surface area contributed by atoms with Crippen LogP contribution in [0.1, 0.15) is 39.8 Å². The van der Waals surface area contributed by atoms with Crippen molar-refractivity contribution in [1.29, 1.82) is 0 Å². The van der Waals surface area contributed by atoms with Gasteiger partial charge in [-0.1, -0.05) is 49.4 Å². The third kappa shape index (κ3) is 5.23. The van der Waals surface area contributed by atoms with E-state index in [1.54, 1.807) is 4.90 Å². The summed E-state index contributed by atoms with van der Waals surface area (Å²) in [7, 11) is 0. The van der Waals surface area contributed by atoms with Gasteiger partial charge in [0.1, 0.15) is 15.6 Å². The van der Waals surface area contributed by atoms with Gasteiger partial charge < -0.3 is 19.5 Å². The number of benzene rings is 2. The topological polar surface area (TPSA) is 89.0 Å². The van der Waals surface area contributed by atoms with E-state index in [1.165, 1.54) is 11.3 Å². The van der Waals surface area contributed by atoms with Gasteiger partial charge in [-0.15, -0.1) is 11.3 Å². The molecule has 0 fully saturated rings. The number of aromatic nitrogens is 1. The normalized spacial score (nSPS) is 13.8. The summed E-state index contributed by atoms with van der Waals surface area (Å²) in [6.07, 6.45) is 0.105. The average Bonchev–Trinajstić information content (AvgIpc) is 3.22. The number of ether oxygens (including phenoxy) is 2. The molecule has 1 atom stereocenters. The van der Waals surface area contributed by atoms with Crippen molar-refractivity contribution in [1.82, 2.24) is 9.88 Å². The Bertz CT molecular complexity index is 1140. The Morgan fingerprint density at radius 3 is 2.76 bits per heavy atom. The van der Waals surface area contributed by atoms with Gasteiger partial charge in [-0.3, -0.25) is 4.79 Å². The number of amides is 1. The van der Waals surface area contributed by atoms with Gasteiger partial charge in [0.15, 0.2) is 12.8 Å². The highest BCUT2D eigenvalue weighted by Gasteiger charge is 2.27. The molecule has 0 aliphatic carbocycles. The molecule has 1 aromatic heterocycles.